The number of hydrogen-bond acceptors (Lipinski definition) is 7. The molecule has 4 aliphatic rings. The third kappa shape index (κ3) is 5.86. The first kappa shape index (κ1) is 29.5. The largest absolute Gasteiger partial charge is 0.368 e. The second kappa shape index (κ2) is 10.7. The number of carbonyl (C=O) groups is 3. The molecule has 3 atom stereocenters. The molecule has 10 nitrogen and oxygen atoms in total. The van der Waals surface area contributed by atoms with E-state index in [1.807, 2.05) is 11.0 Å². The van der Waals surface area contributed by atoms with E-state index in [0.29, 0.717) is 44.7 Å². The summed E-state index contributed by atoms with van der Waals surface area (Å²) in [5.74, 6) is -6.54. The lowest BCUT2D eigenvalue weighted by molar-refractivity contribution is -0.141. The van der Waals surface area contributed by atoms with Gasteiger partial charge >= 0.3 is 0 Å². The van der Waals surface area contributed by atoms with Crippen molar-refractivity contribution in [2.45, 2.75) is 60.6 Å². The molecule has 2 saturated carbocycles. The van der Waals surface area contributed by atoms with Crippen LogP contribution in [0.3, 0.4) is 0 Å². The number of nitriles is 1. The van der Waals surface area contributed by atoms with Crippen molar-refractivity contribution in [2.24, 2.45) is 11.8 Å². The number of nitrogens with one attached hydrogen (secondary N) is 1. The lowest BCUT2D eigenvalue weighted by Crippen LogP contribution is -2.48. The summed E-state index contributed by atoms with van der Waals surface area (Å²) in [6.45, 7) is 2.74. The number of amides is 3. The number of hydrogen-bond donors (Lipinski definition) is 1. The highest BCUT2D eigenvalue weighted by molar-refractivity contribution is 7.92. The summed E-state index contributed by atoms with van der Waals surface area (Å²) in [6.07, 6.45) is -0.000468. The number of piperazine rings is 1. The molecule has 2 aliphatic carbocycles. The molecular weight excluding hydrogens is 580 g/mol. The van der Waals surface area contributed by atoms with Gasteiger partial charge in [-0.25, -0.2) is 17.2 Å². The molecule has 1 N–H and O–H groups in total. The first-order chi connectivity index (χ1) is 19.2. The summed E-state index contributed by atoms with van der Waals surface area (Å²) in [7, 11) is -4.12. The van der Waals surface area contributed by atoms with Gasteiger partial charge in [0.25, 0.3) is 5.92 Å². The van der Waals surface area contributed by atoms with Crippen LogP contribution in [0.15, 0.2) is 23.1 Å². The third-order valence-electron chi connectivity index (χ3n) is 8.73. The molecule has 1 aromatic carbocycles. The Bertz CT molecular complexity index is 1400. The van der Waals surface area contributed by atoms with E-state index in [1.54, 1.807) is 17.0 Å². The van der Waals surface area contributed by atoms with Crippen molar-refractivity contribution < 1.29 is 31.6 Å². The number of benzene rings is 1. The lowest BCUT2D eigenvalue weighted by Gasteiger charge is -2.35. The van der Waals surface area contributed by atoms with E-state index in [4.69, 9.17) is 11.6 Å². The van der Waals surface area contributed by atoms with Gasteiger partial charge in [0, 0.05) is 51.8 Å². The maximum atomic E-state index is 13.9. The zero-order chi connectivity index (χ0) is 29.7. The first-order valence-corrected chi connectivity index (χ1v) is 15.6. The molecule has 41 heavy (non-hydrogen) atoms. The molecule has 5 rings (SSSR count). The van der Waals surface area contributed by atoms with Gasteiger partial charge in [0.2, 0.25) is 17.7 Å². The van der Waals surface area contributed by atoms with Crippen LogP contribution in [0.4, 0.5) is 14.5 Å². The van der Waals surface area contributed by atoms with Crippen LogP contribution in [-0.2, 0) is 24.2 Å². The number of carbonyl (C=O) groups excluding carboxylic acids is 3. The highest BCUT2D eigenvalue weighted by atomic mass is 35.5. The van der Waals surface area contributed by atoms with Crippen LogP contribution in [0.5, 0.6) is 0 Å². The van der Waals surface area contributed by atoms with Gasteiger partial charge < -0.3 is 20.0 Å². The summed E-state index contributed by atoms with van der Waals surface area (Å²) in [4.78, 5) is 42.8. The molecule has 3 amide bonds. The Kier molecular flexibility index (Phi) is 7.70. The molecule has 4 fully saturated rings. The average Bonchev–Trinajstić information content (AvgIpc) is 3.37. The van der Waals surface area contributed by atoms with Gasteiger partial charge in [0.05, 0.1) is 39.6 Å². The van der Waals surface area contributed by atoms with Crippen molar-refractivity contribution in [2.75, 3.05) is 44.2 Å². The highest BCUT2D eigenvalue weighted by Gasteiger charge is 2.53. The zero-order valence-electron chi connectivity index (χ0n) is 22.6. The number of halogens is 3. The normalized spacial score (nSPS) is 26.9. The zero-order valence-corrected chi connectivity index (χ0v) is 24.2. The maximum Gasteiger partial charge on any atom is 0.267 e. The van der Waals surface area contributed by atoms with Gasteiger partial charge in [-0.05, 0) is 43.9 Å². The molecule has 0 aromatic heterocycles. The van der Waals surface area contributed by atoms with E-state index in [1.165, 1.54) is 13.0 Å². The molecule has 0 radical (unpaired) electrons. The number of alkyl halides is 2. The SMILES string of the molecule is CC(=O)N1CCN(c2ccc(S(=O)(=O)[C@H]3C[C@@H](C(=O)NC4(C#N)CC4)[C@H](C(=O)N4CCC(F)(F)C4)C3)c(Cl)c2)CC1. The Hall–Kier alpha value is -2.98. The smallest absolute Gasteiger partial charge is 0.267 e. The van der Waals surface area contributed by atoms with E-state index in [2.05, 4.69) is 5.32 Å². The van der Waals surface area contributed by atoms with Crippen molar-refractivity contribution >= 4 is 44.8 Å². The molecule has 222 valence electrons. The second-order valence-electron chi connectivity index (χ2n) is 11.5. The van der Waals surface area contributed by atoms with Crippen LogP contribution in [0.25, 0.3) is 0 Å². The Morgan fingerprint density at radius 1 is 1.02 bits per heavy atom. The van der Waals surface area contributed by atoms with Crippen molar-refractivity contribution in [3.05, 3.63) is 23.2 Å². The summed E-state index contributed by atoms with van der Waals surface area (Å²) in [5, 5.41) is 10.9. The van der Waals surface area contributed by atoms with E-state index in [9.17, 15) is 36.8 Å². The first-order valence-electron chi connectivity index (χ1n) is 13.7. The number of nitrogens with zero attached hydrogens (tertiary/aromatic N) is 4. The van der Waals surface area contributed by atoms with Crippen LogP contribution >= 0.6 is 11.6 Å². The van der Waals surface area contributed by atoms with Crippen LogP contribution in [0.1, 0.15) is 39.0 Å². The molecule has 14 heteroatoms. The standard InChI is InChI=1S/C27H32ClF2N5O5S/c1-17(36)33-8-10-34(11-9-33)18-2-3-23(22(28)12-18)41(39,40)19-13-20(24(37)32-26(15-31)4-5-26)21(14-19)25(38)35-7-6-27(29,30)16-35/h2-3,12,19-21H,4-11,13-14,16H2,1H3,(H,32,37)/t19-,20+,21+/m0/s1. The average molecular weight is 612 g/mol. The van der Waals surface area contributed by atoms with Crippen molar-refractivity contribution in [3.63, 3.8) is 0 Å². The van der Waals surface area contributed by atoms with E-state index in [0.717, 1.165) is 4.90 Å². The van der Waals surface area contributed by atoms with Crippen LogP contribution in [0, 0.1) is 23.2 Å². The lowest BCUT2D eigenvalue weighted by atomic mass is 9.93. The minimum absolute atomic E-state index is 0.00660. The monoisotopic (exact) mass is 611 g/mol. The fourth-order valence-electron chi connectivity index (χ4n) is 6.06. The molecule has 0 bridgehead atoms. The van der Waals surface area contributed by atoms with E-state index < -0.39 is 63.2 Å². The summed E-state index contributed by atoms with van der Waals surface area (Å²) in [6, 6.07) is 6.64. The number of sulfone groups is 1. The van der Waals surface area contributed by atoms with Gasteiger partial charge in [-0.3, -0.25) is 14.4 Å². The van der Waals surface area contributed by atoms with Crippen molar-refractivity contribution in [1.82, 2.24) is 15.1 Å². The van der Waals surface area contributed by atoms with Gasteiger partial charge in [-0.1, -0.05) is 11.6 Å². The predicted octanol–water partition coefficient (Wildman–Crippen LogP) is 2.22. The molecular formula is C27H32ClF2N5O5S. The molecule has 1 aromatic rings. The molecule has 0 unspecified atom stereocenters. The number of likely N-dealkylation sites (tertiary alicyclic amines) is 1. The second-order valence-corrected chi connectivity index (χ2v) is 14.1. The maximum absolute atomic E-state index is 13.9. The molecule has 2 heterocycles. The Labute approximate surface area is 242 Å². The highest BCUT2D eigenvalue weighted by Crippen LogP contribution is 2.44. The van der Waals surface area contributed by atoms with Gasteiger partial charge in [0.15, 0.2) is 9.84 Å². The van der Waals surface area contributed by atoms with Crippen LogP contribution in [-0.4, -0.2) is 91.9 Å². The summed E-state index contributed by atoms with van der Waals surface area (Å²) >= 11 is 6.49. The minimum atomic E-state index is -4.12. The Morgan fingerprint density at radius 2 is 1.68 bits per heavy atom. The summed E-state index contributed by atoms with van der Waals surface area (Å²) in [5.41, 5.74) is -0.327. The van der Waals surface area contributed by atoms with Gasteiger partial charge in [-0.2, -0.15) is 5.26 Å². The topological polar surface area (TPSA) is 131 Å². The molecule has 2 saturated heterocycles. The number of rotatable bonds is 6. The number of anilines is 1. The minimum Gasteiger partial charge on any atom is -0.368 e. The van der Waals surface area contributed by atoms with Crippen LogP contribution in [0.2, 0.25) is 5.02 Å². The Morgan fingerprint density at radius 3 is 2.22 bits per heavy atom. The summed E-state index contributed by atoms with van der Waals surface area (Å²) < 4.78 is 55.4. The van der Waals surface area contributed by atoms with Gasteiger partial charge in [0.1, 0.15) is 5.54 Å². The van der Waals surface area contributed by atoms with Crippen molar-refractivity contribution in [1.29, 1.82) is 5.26 Å². The molecule has 2 aliphatic heterocycles. The van der Waals surface area contributed by atoms with E-state index >= 15 is 0 Å². The quantitative estimate of drug-likeness (QED) is 0.522. The van der Waals surface area contributed by atoms with E-state index in [-0.39, 0.29) is 35.2 Å². The fraction of sp³-hybridized carbons (Fsp3) is 0.630. The predicted molar refractivity (Wildman–Crippen MR) is 145 cm³/mol. The molecule has 0 spiro atoms. The fourth-order valence-corrected chi connectivity index (χ4v) is 8.43. The van der Waals surface area contributed by atoms with Crippen molar-refractivity contribution in [3.8, 4) is 6.07 Å². The third-order valence-corrected chi connectivity index (χ3v) is 11.4. The van der Waals surface area contributed by atoms with Crippen LogP contribution < -0.4 is 10.2 Å². The van der Waals surface area contributed by atoms with Gasteiger partial charge in [-0.15, -0.1) is 0 Å². The Balaban J connectivity index is 1.36.